The van der Waals surface area contributed by atoms with E-state index in [0.717, 1.165) is 6.42 Å². The van der Waals surface area contributed by atoms with Crippen molar-refractivity contribution in [2.45, 2.75) is 32.6 Å². The average Bonchev–Trinajstić information content (AvgIpc) is 2.69. The summed E-state index contributed by atoms with van der Waals surface area (Å²) in [6.07, 6.45) is 3.20. The van der Waals surface area contributed by atoms with Crippen LogP contribution >= 0.6 is 11.6 Å². The van der Waals surface area contributed by atoms with Gasteiger partial charge in [0.05, 0.1) is 10.9 Å². The number of piperidine rings is 1. The van der Waals surface area contributed by atoms with Gasteiger partial charge in [-0.15, -0.1) is 0 Å². The molecule has 1 atom stereocenters. The smallest absolute Gasteiger partial charge is 0.325 e. The molecule has 0 bridgehead atoms. The Bertz CT molecular complexity index is 1010. The number of hydrogen-bond acceptors (Lipinski definition) is 5. The number of amides is 2. The summed E-state index contributed by atoms with van der Waals surface area (Å²) in [4.78, 5) is 58.7. The molecule has 1 aliphatic heterocycles. The van der Waals surface area contributed by atoms with Crippen molar-refractivity contribution < 1.29 is 9.59 Å². The molecule has 1 fully saturated rings. The Balaban J connectivity index is 1.57. The highest BCUT2D eigenvalue weighted by Gasteiger charge is 2.28. The SMILES string of the molecule is Cc1[nH]c(=O)[nH]c(=O)c1CCC(=O)N1CCCC(C(=O)Nc2ccc(Cl)cn2)C1. The zero-order valence-electron chi connectivity index (χ0n) is 16.0. The van der Waals surface area contributed by atoms with Crippen LogP contribution < -0.4 is 16.6 Å². The summed E-state index contributed by atoms with van der Waals surface area (Å²) in [5.41, 5.74) is -0.205. The van der Waals surface area contributed by atoms with Crippen LogP contribution in [0.2, 0.25) is 5.02 Å². The third-order valence-electron chi connectivity index (χ3n) is 4.97. The summed E-state index contributed by atoms with van der Waals surface area (Å²) >= 11 is 5.79. The molecule has 0 radical (unpaired) electrons. The van der Waals surface area contributed by atoms with Crippen LogP contribution in [-0.4, -0.2) is 44.8 Å². The first-order chi connectivity index (χ1) is 13.8. The fourth-order valence-electron chi connectivity index (χ4n) is 3.41. The highest BCUT2D eigenvalue weighted by atomic mass is 35.5. The molecular weight excluding hydrogens is 398 g/mol. The van der Waals surface area contributed by atoms with Gasteiger partial charge in [-0.3, -0.25) is 19.4 Å². The first-order valence-corrected chi connectivity index (χ1v) is 9.73. The van der Waals surface area contributed by atoms with Crippen molar-refractivity contribution in [2.24, 2.45) is 5.92 Å². The highest BCUT2D eigenvalue weighted by molar-refractivity contribution is 6.30. The highest BCUT2D eigenvalue weighted by Crippen LogP contribution is 2.20. The maximum Gasteiger partial charge on any atom is 0.325 e. The topological polar surface area (TPSA) is 128 Å². The molecule has 1 aliphatic rings. The lowest BCUT2D eigenvalue weighted by molar-refractivity contribution is -0.134. The number of carbonyl (C=O) groups excluding carboxylic acids is 2. The Morgan fingerprint density at radius 1 is 1.31 bits per heavy atom. The predicted octanol–water partition coefficient (Wildman–Crippen LogP) is 1.23. The number of aromatic amines is 2. The van der Waals surface area contributed by atoms with Crippen LogP contribution in [0.5, 0.6) is 0 Å². The number of rotatable bonds is 5. The molecule has 2 aromatic rings. The third-order valence-corrected chi connectivity index (χ3v) is 5.19. The molecule has 3 N–H and O–H groups in total. The Labute approximate surface area is 171 Å². The molecule has 3 rings (SSSR count). The van der Waals surface area contributed by atoms with Crippen LogP contribution in [0.3, 0.4) is 0 Å². The summed E-state index contributed by atoms with van der Waals surface area (Å²) in [5, 5.41) is 3.23. The Kier molecular flexibility index (Phi) is 6.48. The number of H-pyrrole nitrogens is 2. The molecule has 1 unspecified atom stereocenters. The Morgan fingerprint density at radius 2 is 2.10 bits per heavy atom. The number of aromatic nitrogens is 3. The number of likely N-dealkylation sites (tertiary alicyclic amines) is 1. The zero-order chi connectivity index (χ0) is 21.0. The second-order valence-corrected chi connectivity index (χ2v) is 7.48. The number of nitrogens with one attached hydrogen (secondary N) is 3. The molecule has 154 valence electrons. The van der Waals surface area contributed by atoms with Crippen LogP contribution in [-0.2, 0) is 16.0 Å². The Hall–Kier alpha value is -2.94. The fourth-order valence-corrected chi connectivity index (χ4v) is 3.52. The number of nitrogens with zero attached hydrogens (tertiary/aromatic N) is 2. The van der Waals surface area contributed by atoms with Crippen LogP contribution in [0.25, 0.3) is 0 Å². The zero-order valence-corrected chi connectivity index (χ0v) is 16.7. The van der Waals surface area contributed by atoms with E-state index in [0.29, 0.717) is 41.6 Å². The summed E-state index contributed by atoms with van der Waals surface area (Å²) in [6, 6.07) is 3.26. The molecule has 2 amide bonds. The first kappa shape index (κ1) is 20.8. The van der Waals surface area contributed by atoms with E-state index < -0.39 is 11.2 Å². The van der Waals surface area contributed by atoms with Gasteiger partial charge < -0.3 is 15.2 Å². The number of pyridine rings is 1. The van der Waals surface area contributed by atoms with Gasteiger partial charge in [-0.25, -0.2) is 9.78 Å². The molecular formula is C19H22ClN5O4. The summed E-state index contributed by atoms with van der Waals surface area (Å²) < 4.78 is 0. The van der Waals surface area contributed by atoms with E-state index in [1.807, 2.05) is 0 Å². The molecule has 2 aromatic heterocycles. The minimum atomic E-state index is -0.567. The van der Waals surface area contributed by atoms with Gasteiger partial charge >= 0.3 is 5.69 Å². The summed E-state index contributed by atoms with van der Waals surface area (Å²) in [7, 11) is 0. The van der Waals surface area contributed by atoms with E-state index in [9.17, 15) is 19.2 Å². The second-order valence-electron chi connectivity index (χ2n) is 7.04. The van der Waals surface area contributed by atoms with Gasteiger partial charge in [-0.2, -0.15) is 0 Å². The van der Waals surface area contributed by atoms with Gasteiger partial charge in [0.25, 0.3) is 5.56 Å². The van der Waals surface area contributed by atoms with E-state index in [4.69, 9.17) is 11.6 Å². The van der Waals surface area contributed by atoms with Crippen molar-refractivity contribution in [1.29, 1.82) is 0 Å². The minimum Gasteiger partial charge on any atom is -0.342 e. The number of anilines is 1. The minimum absolute atomic E-state index is 0.128. The monoisotopic (exact) mass is 419 g/mol. The van der Waals surface area contributed by atoms with Crippen LogP contribution in [0, 0.1) is 12.8 Å². The van der Waals surface area contributed by atoms with E-state index >= 15 is 0 Å². The number of aryl methyl sites for hydroxylation is 1. The summed E-state index contributed by atoms with van der Waals surface area (Å²) in [5.74, 6) is -0.235. The third kappa shape index (κ3) is 5.32. The summed E-state index contributed by atoms with van der Waals surface area (Å²) in [6.45, 7) is 2.52. The van der Waals surface area contributed by atoms with Gasteiger partial charge in [0, 0.05) is 37.0 Å². The molecule has 0 spiro atoms. The van der Waals surface area contributed by atoms with Crippen molar-refractivity contribution in [1.82, 2.24) is 19.9 Å². The number of halogens is 1. The lowest BCUT2D eigenvalue weighted by Gasteiger charge is -2.32. The standard InChI is InChI=1S/C19H22ClN5O4/c1-11-14(18(28)24-19(29)22-11)5-7-16(26)25-8-2-3-12(10-25)17(27)23-15-6-4-13(20)9-21-15/h4,6,9,12H,2-3,5,7-8,10H2,1H3,(H,21,23,27)(H2,22,24,28,29). The molecule has 29 heavy (non-hydrogen) atoms. The number of hydrogen-bond donors (Lipinski definition) is 3. The van der Waals surface area contributed by atoms with Crippen LogP contribution in [0.4, 0.5) is 5.82 Å². The van der Waals surface area contributed by atoms with Gasteiger partial charge in [0.2, 0.25) is 11.8 Å². The van der Waals surface area contributed by atoms with Crippen molar-refractivity contribution >= 4 is 29.2 Å². The van der Waals surface area contributed by atoms with Gasteiger partial charge in [-0.05, 0) is 38.3 Å². The Morgan fingerprint density at radius 3 is 2.79 bits per heavy atom. The van der Waals surface area contributed by atoms with Crippen molar-refractivity contribution in [3.63, 3.8) is 0 Å². The first-order valence-electron chi connectivity index (χ1n) is 9.35. The largest absolute Gasteiger partial charge is 0.342 e. The number of carbonyl (C=O) groups is 2. The average molecular weight is 420 g/mol. The molecule has 3 heterocycles. The second kappa shape index (κ2) is 9.04. The van der Waals surface area contributed by atoms with Gasteiger partial charge in [-0.1, -0.05) is 11.6 Å². The molecule has 1 saturated heterocycles. The molecule has 9 nitrogen and oxygen atoms in total. The van der Waals surface area contributed by atoms with Crippen molar-refractivity contribution in [2.75, 3.05) is 18.4 Å². The maximum absolute atomic E-state index is 12.6. The normalized spacial score (nSPS) is 16.5. The van der Waals surface area contributed by atoms with Crippen molar-refractivity contribution in [3.8, 4) is 0 Å². The quantitative estimate of drug-likeness (QED) is 0.671. The lowest BCUT2D eigenvalue weighted by Crippen LogP contribution is -2.44. The molecule has 0 saturated carbocycles. The van der Waals surface area contributed by atoms with Crippen LogP contribution in [0.15, 0.2) is 27.9 Å². The van der Waals surface area contributed by atoms with E-state index in [2.05, 4.69) is 20.3 Å². The predicted molar refractivity (Wildman–Crippen MR) is 108 cm³/mol. The van der Waals surface area contributed by atoms with Gasteiger partial charge in [0.15, 0.2) is 0 Å². The van der Waals surface area contributed by atoms with Crippen molar-refractivity contribution in [3.05, 3.63) is 55.4 Å². The van der Waals surface area contributed by atoms with Crippen LogP contribution in [0.1, 0.15) is 30.5 Å². The van der Waals surface area contributed by atoms with Gasteiger partial charge in [0.1, 0.15) is 5.82 Å². The lowest BCUT2D eigenvalue weighted by atomic mass is 9.96. The fraction of sp³-hybridized carbons (Fsp3) is 0.421. The van der Waals surface area contributed by atoms with E-state index in [1.165, 1.54) is 6.20 Å². The maximum atomic E-state index is 12.6. The molecule has 10 heteroatoms. The van der Waals surface area contributed by atoms with E-state index in [1.54, 1.807) is 24.0 Å². The molecule has 0 aromatic carbocycles. The molecule has 0 aliphatic carbocycles. The van der Waals surface area contributed by atoms with E-state index in [-0.39, 0.29) is 30.6 Å².